The topological polar surface area (TPSA) is 230 Å². The van der Waals surface area contributed by atoms with Crippen LogP contribution >= 0.6 is 0 Å². The molecule has 1 aromatic heterocycles. The van der Waals surface area contributed by atoms with Crippen molar-refractivity contribution in [3.05, 3.63) is 36.0 Å². The molecule has 10 N–H and O–H groups in total. The average Bonchev–Trinajstić information content (AvgIpc) is 3.17. The van der Waals surface area contributed by atoms with Gasteiger partial charge < -0.3 is 42.6 Å². The van der Waals surface area contributed by atoms with Crippen LogP contribution in [0.2, 0.25) is 0 Å². The van der Waals surface area contributed by atoms with E-state index in [0.29, 0.717) is 0 Å². The Morgan fingerprint density at radius 1 is 1.00 bits per heavy atom. The Balaban J connectivity index is 2.00. The molecule has 1 aromatic carbocycles. The number of aliphatic hydroxyl groups is 1. The van der Waals surface area contributed by atoms with Gasteiger partial charge in [0, 0.05) is 17.1 Å². The van der Waals surface area contributed by atoms with Gasteiger partial charge in [-0.25, -0.2) is 0 Å². The summed E-state index contributed by atoms with van der Waals surface area (Å²) >= 11 is 0. The number of H-pyrrole nitrogens is 1. The van der Waals surface area contributed by atoms with Crippen molar-refractivity contribution in [2.75, 3.05) is 13.2 Å². The van der Waals surface area contributed by atoms with Crippen LogP contribution < -0.4 is 27.4 Å². The van der Waals surface area contributed by atoms with E-state index in [1.54, 1.807) is 6.20 Å². The molecule has 0 saturated heterocycles. The molecule has 13 heteroatoms. The largest absolute Gasteiger partial charge is 0.480 e. The number of amides is 4. The zero-order chi connectivity index (χ0) is 24.5. The lowest BCUT2D eigenvalue weighted by atomic mass is 10.0. The van der Waals surface area contributed by atoms with Crippen LogP contribution in [0, 0.1) is 0 Å². The first-order valence-electron chi connectivity index (χ1n) is 9.92. The molecule has 0 radical (unpaired) electrons. The predicted octanol–water partition coefficient (Wildman–Crippen LogP) is -2.92. The van der Waals surface area contributed by atoms with Crippen molar-refractivity contribution in [2.45, 2.75) is 31.0 Å². The Bertz CT molecular complexity index is 1040. The minimum absolute atomic E-state index is 0.150. The molecule has 1 heterocycles. The van der Waals surface area contributed by atoms with E-state index in [-0.39, 0.29) is 6.42 Å². The average molecular weight is 462 g/mol. The van der Waals surface area contributed by atoms with Gasteiger partial charge >= 0.3 is 5.97 Å². The number of aliphatic hydroxyl groups excluding tert-OH is 1. The molecular formula is C20H26N6O7. The summed E-state index contributed by atoms with van der Waals surface area (Å²) in [7, 11) is 0. The number of para-hydroxylation sites is 1. The number of aromatic amines is 1. The van der Waals surface area contributed by atoms with Crippen molar-refractivity contribution in [2.24, 2.45) is 11.5 Å². The Kier molecular flexibility index (Phi) is 8.89. The first-order valence-corrected chi connectivity index (χ1v) is 9.92. The number of nitrogens with one attached hydrogen (secondary N) is 4. The zero-order valence-corrected chi connectivity index (χ0v) is 17.5. The molecule has 13 nitrogen and oxygen atoms in total. The van der Waals surface area contributed by atoms with Gasteiger partial charge in [0.1, 0.15) is 18.6 Å². The van der Waals surface area contributed by atoms with Crippen LogP contribution in [0.5, 0.6) is 0 Å². The Morgan fingerprint density at radius 3 is 2.30 bits per heavy atom. The molecule has 0 saturated carbocycles. The van der Waals surface area contributed by atoms with Crippen molar-refractivity contribution in [3.63, 3.8) is 0 Å². The third kappa shape index (κ3) is 7.29. The van der Waals surface area contributed by atoms with E-state index in [1.807, 2.05) is 29.6 Å². The van der Waals surface area contributed by atoms with E-state index in [4.69, 9.17) is 16.6 Å². The lowest BCUT2D eigenvalue weighted by Gasteiger charge is -2.22. The smallest absolute Gasteiger partial charge is 0.322 e. The van der Waals surface area contributed by atoms with Crippen molar-refractivity contribution in [1.82, 2.24) is 20.9 Å². The van der Waals surface area contributed by atoms with Crippen molar-refractivity contribution in [1.29, 1.82) is 0 Å². The predicted molar refractivity (Wildman–Crippen MR) is 115 cm³/mol. The molecule has 2 aromatic rings. The highest BCUT2D eigenvalue weighted by molar-refractivity contribution is 5.96. The monoisotopic (exact) mass is 462 g/mol. The van der Waals surface area contributed by atoms with Gasteiger partial charge in [-0.3, -0.25) is 24.0 Å². The van der Waals surface area contributed by atoms with Gasteiger partial charge in [-0.2, -0.15) is 0 Å². The second-order valence-corrected chi connectivity index (χ2v) is 7.26. The number of primary amides is 1. The van der Waals surface area contributed by atoms with Gasteiger partial charge in [0.2, 0.25) is 23.6 Å². The maximum Gasteiger partial charge on any atom is 0.322 e. The van der Waals surface area contributed by atoms with Crippen LogP contribution in [0.3, 0.4) is 0 Å². The quantitative estimate of drug-likeness (QED) is 0.162. The number of aromatic nitrogens is 1. The molecule has 33 heavy (non-hydrogen) atoms. The Labute approximate surface area is 187 Å². The van der Waals surface area contributed by atoms with Gasteiger partial charge in [-0.1, -0.05) is 18.2 Å². The van der Waals surface area contributed by atoms with E-state index in [9.17, 15) is 29.1 Å². The summed E-state index contributed by atoms with van der Waals surface area (Å²) in [5.41, 5.74) is 12.7. The Morgan fingerprint density at radius 2 is 1.67 bits per heavy atom. The third-order valence-electron chi connectivity index (χ3n) is 4.72. The standard InChI is InChI=1S/C20H26N6O7/c21-12(5-10-7-23-13-4-2-1-3-11(10)13)18(31)26-15(9-27)20(33)25-14(6-16(22)28)19(32)24-8-17(29)30/h1-4,7,12,14-15,23,27H,5-6,8-9,21H2,(H2,22,28)(H,24,32)(H,25,33)(H,26,31)(H,29,30). The normalized spacial score (nSPS) is 13.5. The lowest BCUT2D eigenvalue weighted by Crippen LogP contribution is -2.57. The van der Waals surface area contributed by atoms with Gasteiger partial charge in [-0.05, 0) is 18.1 Å². The fourth-order valence-electron chi connectivity index (χ4n) is 3.07. The fraction of sp³-hybridized carbons (Fsp3) is 0.350. The summed E-state index contributed by atoms with van der Waals surface area (Å²) in [5, 5.41) is 25.6. The SMILES string of the molecule is NC(=O)CC(NC(=O)C(CO)NC(=O)C(N)Cc1c[nH]c2ccccc12)C(=O)NCC(=O)O. The summed E-state index contributed by atoms with van der Waals surface area (Å²) in [6.45, 7) is -1.57. The highest BCUT2D eigenvalue weighted by atomic mass is 16.4. The van der Waals surface area contributed by atoms with Crippen LogP contribution in [0.1, 0.15) is 12.0 Å². The number of rotatable bonds is 12. The zero-order valence-electron chi connectivity index (χ0n) is 17.5. The lowest BCUT2D eigenvalue weighted by molar-refractivity contribution is -0.139. The van der Waals surface area contributed by atoms with Crippen LogP contribution in [0.15, 0.2) is 30.5 Å². The van der Waals surface area contributed by atoms with E-state index >= 15 is 0 Å². The minimum Gasteiger partial charge on any atom is -0.480 e. The molecule has 0 aliphatic heterocycles. The molecule has 0 fully saturated rings. The van der Waals surface area contributed by atoms with Crippen LogP contribution in [-0.2, 0) is 30.4 Å². The highest BCUT2D eigenvalue weighted by Gasteiger charge is 2.29. The highest BCUT2D eigenvalue weighted by Crippen LogP contribution is 2.18. The van der Waals surface area contributed by atoms with Crippen molar-refractivity contribution >= 4 is 40.5 Å². The van der Waals surface area contributed by atoms with E-state index in [1.165, 1.54) is 0 Å². The molecule has 3 unspecified atom stereocenters. The van der Waals surface area contributed by atoms with Crippen LogP contribution in [0.25, 0.3) is 10.9 Å². The maximum absolute atomic E-state index is 12.5. The second kappa shape index (κ2) is 11.6. The second-order valence-electron chi connectivity index (χ2n) is 7.26. The third-order valence-corrected chi connectivity index (χ3v) is 4.72. The molecule has 0 aliphatic rings. The van der Waals surface area contributed by atoms with Crippen LogP contribution in [0.4, 0.5) is 0 Å². The molecular weight excluding hydrogens is 436 g/mol. The van der Waals surface area contributed by atoms with Crippen molar-refractivity contribution in [3.8, 4) is 0 Å². The summed E-state index contributed by atoms with van der Waals surface area (Å²) < 4.78 is 0. The number of hydrogen-bond acceptors (Lipinski definition) is 7. The molecule has 0 aliphatic carbocycles. The fourth-order valence-corrected chi connectivity index (χ4v) is 3.07. The summed E-state index contributed by atoms with van der Waals surface area (Å²) in [4.78, 5) is 61.9. The van der Waals surface area contributed by atoms with E-state index in [0.717, 1.165) is 16.5 Å². The molecule has 178 valence electrons. The molecule has 0 spiro atoms. The van der Waals surface area contributed by atoms with Gasteiger partial charge in [0.15, 0.2) is 0 Å². The number of carbonyl (C=O) groups is 5. The molecule has 2 rings (SSSR count). The number of carbonyl (C=O) groups excluding carboxylic acids is 4. The van der Waals surface area contributed by atoms with Gasteiger partial charge in [-0.15, -0.1) is 0 Å². The van der Waals surface area contributed by atoms with E-state index in [2.05, 4.69) is 15.6 Å². The first-order chi connectivity index (χ1) is 15.6. The number of benzene rings is 1. The van der Waals surface area contributed by atoms with Gasteiger partial charge in [0.25, 0.3) is 0 Å². The van der Waals surface area contributed by atoms with Crippen LogP contribution in [-0.4, -0.2) is 76.1 Å². The molecule has 0 bridgehead atoms. The van der Waals surface area contributed by atoms with E-state index < -0.39 is 67.3 Å². The molecule has 3 atom stereocenters. The maximum atomic E-state index is 12.5. The number of hydrogen-bond donors (Lipinski definition) is 8. The summed E-state index contributed by atoms with van der Waals surface area (Å²) in [6, 6.07) is 3.40. The number of nitrogens with two attached hydrogens (primary N) is 2. The number of carboxylic acids is 1. The minimum atomic E-state index is -1.50. The first kappa shape index (κ1) is 25.3. The number of fused-ring (bicyclic) bond motifs is 1. The summed E-state index contributed by atoms with van der Waals surface area (Å²) in [6.07, 6.45) is 1.25. The summed E-state index contributed by atoms with van der Waals surface area (Å²) in [5.74, 6) is -4.95. The number of aliphatic carboxylic acids is 1. The molecule has 4 amide bonds. The Hall–Kier alpha value is -3.97. The van der Waals surface area contributed by atoms with Crippen molar-refractivity contribution < 1.29 is 34.2 Å². The number of carboxylic acid groups (broad SMARTS) is 1. The van der Waals surface area contributed by atoms with Gasteiger partial charge in [0.05, 0.1) is 19.1 Å².